The first kappa shape index (κ1) is 28.2. The van der Waals surface area contributed by atoms with Crippen LogP contribution < -0.4 is 26.2 Å². The van der Waals surface area contributed by atoms with E-state index in [0.29, 0.717) is 12.8 Å². The van der Waals surface area contributed by atoms with E-state index in [-0.39, 0.29) is 62.6 Å². The number of hydrogen-bond acceptors (Lipinski definition) is 8. The van der Waals surface area contributed by atoms with Crippen LogP contribution in [0.25, 0.3) is 0 Å². The molecule has 222 valence electrons. The Hall–Kier alpha value is -0.900. The van der Waals surface area contributed by atoms with Crippen molar-refractivity contribution in [3.63, 3.8) is 0 Å². The highest BCUT2D eigenvalue weighted by Crippen LogP contribution is 2.46. The number of alkyl halides is 4. The molecular weight excluding hydrogens is 542 g/mol. The van der Waals surface area contributed by atoms with Crippen LogP contribution in [0.1, 0.15) is 44.9 Å². The Morgan fingerprint density at radius 3 is 2.36 bits per heavy atom. The standard InChI is InChI=1S/C25H39F4N5O4S/c26-11-9-14-17(35)5-8-38-24(14)18(10-11)39(36,37)34-16-4-3-15(27)19(21(16)29)12-1-2-13-22(20(12)28)32-33-23(13)25-30-6-7-31-25/h11-16,18-25,30-34H,1-10H2. The molecule has 0 spiro atoms. The fourth-order valence-corrected chi connectivity index (χ4v) is 10.1. The molecule has 14 heteroatoms. The van der Waals surface area contributed by atoms with Gasteiger partial charge in [-0.3, -0.25) is 26.3 Å². The lowest BCUT2D eigenvalue weighted by Gasteiger charge is -2.46. The van der Waals surface area contributed by atoms with Crippen LogP contribution in [0, 0.1) is 23.7 Å². The number of hydrogen-bond donors (Lipinski definition) is 5. The largest absolute Gasteiger partial charge is 0.376 e. The second kappa shape index (κ2) is 11.1. The molecule has 0 aromatic carbocycles. The van der Waals surface area contributed by atoms with Crippen molar-refractivity contribution < 1.29 is 35.5 Å². The first-order chi connectivity index (χ1) is 18.7. The molecule has 13 atom stereocenters. The Morgan fingerprint density at radius 2 is 1.59 bits per heavy atom. The highest BCUT2D eigenvalue weighted by atomic mass is 32.2. The lowest BCUT2D eigenvalue weighted by atomic mass is 9.65. The number of fused-ring (bicyclic) bond motifs is 2. The summed E-state index contributed by atoms with van der Waals surface area (Å²) in [6, 6.07) is -1.92. The molecule has 9 nitrogen and oxygen atoms in total. The molecule has 3 saturated heterocycles. The van der Waals surface area contributed by atoms with Gasteiger partial charge in [-0.25, -0.2) is 30.7 Å². The molecule has 6 aliphatic rings. The number of ketones is 1. The third-order valence-corrected chi connectivity index (χ3v) is 12.0. The van der Waals surface area contributed by atoms with E-state index in [0.717, 1.165) is 13.1 Å². The molecule has 3 heterocycles. The van der Waals surface area contributed by atoms with Crippen LogP contribution in [0.15, 0.2) is 0 Å². The molecule has 3 aliphatic heterocycles. The van der Waals surface area contributed by atoms with Crippen LogP contribution in [-0.2, 0) is 19.6 Å². The number of carbonyl (C=O) groups excluding carboxylic acids is 1. The number of sulfonamides is 1. The molecule has 3 saturated carbocycles. The van der Waals surface area contributed by atoms with E-state index in [2.05, 4.69) is 26.2 Å². The number of Topliss-reactive ketones (excluding diaryl/α,β-unsaturated/α-hetero) is 1. The summed E-state index contributed by atoms with van der Waals surface area (Å²) in [5.74, 6) is -3.34. The van der Waals surface area contributed by atoms with Gasteiger partial charge in [0.2, 0.25) is 10.0 Å². The average molecular weight is 582 g/mol. The molecule has 39 heavy (non-hydrogen) atoms. The zero-order valence-electron chi connectivity index (χ0n) is 21.7. The van der Waals surface area contributed by atoms with Crippen molar-refractivity contribution in [3.8, 4) is 0 Å². The maximum Gasteiger partial charge on any atom is 0.217 e. The molecule has 6 fully saturated rings. The number of ether oxygens (including phenoxy) is 1. The maximum atomic E-state index is 16.0. The van der Waals surface area contributed by atoms with E-state index < -0.39 is 75.9 Å². The van der Waals surface area contributed by atoms with Crippen molar-refractivity contribution in [2.45, 2.75) is 105 Å². The van der Waals surface area contributed by atoms with Gasteiger partial charge in [0, 0.05) is 37.3 Å². The van der Waals surface area contributed by atoms with Crippen molar-refractivity contribution >= 4 is 15.8 Å². The highest BCUT2D eigenvalue weighted by Gasteiger charge is 2.56. The van der Waals surface area contributed by atoms with Crippen molar-refractivity contribution in [1.29, 1.82) is 0 Å². The summed E-state index contributed by atoms with van der Waals surface area (Å²) in [5.41, 5.74) is 6.18. The fourth-order valence-electron chi connectivity index (χ4n) is 8.19. The zero-order valence-corrected chi connectivity index (χ0v) is 22.5. The van der Waals surface area contributed by atoms with Crippen LogP contribution in [0.4, 0.5) is 17.6 Å². The van der Waals surface area contributed by atoms with Gasteiger partial charge in [-0.1, -0.05) is 0 Å². The van der Waals surface area contributed by atoms with Gasteiger partial charge in [0.25, 0.3) is 0 Å². The predicted molar refractivity (Wildman–Crippen MR) is 134 cm³/mol. The minimum Gasteiger partial charge on any atom is -0.376 e. The summed E-state index contributed by atoms with van der Waals surface area (Å²) < 4.78 is 96.5. The molecule has 3 aliphatic carbocycles. The first-order valence-corrected chi connectivity index (χ1v) is 15.9. The van der Waals surface area contributed by atoms with Gasteiger partial charge in [0.05, 0.1) is 37.0 Å². The second-order valence-corrected chi connectivity index (χ2v) is 14.2. The molecular formula is C25H39F4N5O4S. The van der Waals surface area contributed by atoms with Gasteiger partial charge in [-0.15, -0.1) is 0 Å². The van der Waals surface area contributed by atoms with Gasteiger partial charge in [0.15, 0.2) is 0 Å². The van der Waals surface area contributed by atoms with Crippen molar-refractivity contribution in [2.24, 2.45) is 23.7 Å². The Bertz CT molecular complexity index is 1020. The predicted octanol–water partition coefficient (Wildman–Crippen LogP) is 0.564. The van der Waals surface area contributed by atoms with Crippen molar-refractivity contribution in [3.05, 3.63) is 0 Å². The first-order valence-electron chi connectivity index (χ1n) is 14.3. The molecule has 0 radical (unpaired) electrons. The van der Waals surface area contributed by atoms with E-state index in [4.69, 9.17) is 4.74 Å². The SMILES string of the molecule is O=C1CCOC2C1CC(F)CC2S(=O)(=O)NC1CCC(F)C(C2CCC3C(C4NCCN4)NNC3C2F)C1F. The lowest BCUT2D eigenvalue weighted by molar-refractivity contribution is -0.141. The smallest absolute Gasteiger partial charge is 0.217 e. The van der Waals surface area contributed by atoms with Crippen LogP contribution in [0.2, 0.25) is 0 Å². The number of nitrogens with one attached hydrogen (secondary N) is 5. The lowest BCUT2D eigenvalue weighted by Crippen LogP contribution is -2.60. The summed E-state index contributed by atoms with van der Waals surface area (Å²) in [5, 5.41) is 5.33. The van der Waals surface area contributed by atoms with Crippen molar-refractivity contribution in [2.75, 3.05) is 19.7 Å². The summed E-state index contributed by atoms with van der Waals surface area (Å²) >= 11 is 0. The molecule has 0 aromatic heterocycles. The maximum absolute atomic E-state index is 16.0. The third kappa shape index (κ3) is 5.16. The molecule has 5 N–H and O–H groups in total. The number of halogens is 4. The van der Waals surface area contributed by atoms with Crippen LogP contribution in [-0.4, -0.2) is 94.2 Å². The van der Waals surface area contributed by atoms with Gasteiger partial charge in [-0.2, -0.15) is 0 Å². The minimum absolute atomic E-state index is 0.0145. The van der Waals surface area contributed by atoms with Crippen LogP contribution in [0.5, 0.6) is 0 Å². The van der Waals surface area contributed by atoms with Gasteiger partial charge in [0.1, 0.15) is 35.7 Å². The van der Waals surface area contributed by atoms with E-state index >= 15 is 13.2 Å². The summed E-state index contributed by atoms with van der Waals surface area (Å²) in [6.45, 7) is 1.68. The monoisotopic (exact) mass is 581 g/mol. The molecule has 6 rings (SSSR count). The average Bonchev–Trinajstić information content (AvgIpc) is 3.57. The van der Waals surface area contributed by atoms with E-state index in [9.17, 15) is 17.6 Å². The molecule has 0 aromatic rings. The zero-order chi connectivity index (χ0) is 27.5. The minimum atomic E-state index is -4.32. The fraction of sp³-hybridized carbons (Fsp3) is 0.960. The third-order valence-electron chi connectivity index (χ3n) is 10.1. The summed E-state index contributed by atoms with van der Waals surface area (Å²) in [6.07, 6.45) is -7.20. The number of rotatable bonds is 5. The molecule has 0 bridgehead atoms. The second-order valence-electron chi connectivity index (χ2n) is 12.2. The Balaban J connectivity index is 1.15. The Labute approximate surface area is 226 Å². The van der Waals surface area contributed by atoms with Gasteiger partial charge >= 0.3 is 0 Å². The summed E-state index contributed by atoms with van der Waals surface area (Å²) in [7, 11) is -4.32. The molecule has 13 unspecified atom stereocenters. The van der Waals surface area contributed by atoms with Crippen molar-refractivity contribution in [1.82, 2.24) is 26.2 Å². The number of hydrazine groups is 1. The highest BCUT2D eigenvalue weighted by molar-refractivity contribution is 7.90. The Kier molecular flexibility index (Phi) is 8.01. The normalized spacial score (nSPS) is 49.5. The summed E-state index contributed by atoms with van der Waals surface area (Å²) in [4.78, 5) is 12.3. The van der Waals surface area contributed by atoms with E-state index in [1.165, 1.54) is 0 Å². The van der Waals surface area contributed by atoms with Gasteiger partial charge < -0.3 is 4.74 Å². The Morgan fingerprint density at radius 1 is 0.872 bits per heavy atom. The van der Waals surface area contributed by atoms with Gasteiger partial charge in [-0.05, 0) is 44.4 Å². The number of carbonyl (C=O) groups is 1. The van der Waals surface area contributed by atoms with E-state index in [1.807, 2.05) is 0 Å². The molecule has 0 amide bonds. The topological polar surface area (TPSA) is 121 Å². The van der Waals surface area contributed by atoms with Crippen LogP contribution in [0.3, 0.4) is 0 Å². The quantitative estimate of drug-likeness (QED) is 0.299. The van der Waals surface area contributed by atoms with E-state index in [1.54, 1.807) is 0 Å². The van der Waals surface area contributed by atoms with Crippen LogP contribution >= 0.6 is 0 Å².